The maximum atomic E-state index is 13.5. The van der Waals surface area contributed by atoms with Crippen molar-refractivity contribution in [3.8, 4) is 11.1 Å². The summed E-state index contributed by atoms with van der Waals surface area (Å²) in [7, 11) is 0. The Morgan fingerprint density at radius 1 is 1.11 bits per heavy atom. The number of halogens is 6. The highest BCUT2D eigenvalue weighted by Gasteiger charge is 2.18. The molecule has 0 saturated carbocycles. The quantitative estimate of drug-likeness (QED) is 0.451. The smallest absolute Gasteiger partial charge is 0.305 e. The number of amides is 1. The number of benzene rings is 2. The summed E-state index contributed by atoms with van der Waals surface area (Å²) >= 11 is 5.86. The van der Waals surface area contributed by atoms with E-state index in [0.717, 1.165) is 18.2 Å². The van der Waals surface area contributed by atoms with E-state index in [1.807, 2.05) is 0 Å². The standard InChI is InChI=1S/C18H11ClF5N3O/c19-15-7-10(8-16(22)23)26-27(15)18(28)25-14-4-2-1-3-11(14)9-5-12(20)17(24)13(21)6-9/h1-7,16H,8H2,(H,25,28). The molecule has 2 aromatic carbocycles. The normalized spacial score (nSPS) is 11.1. The van der Waals surface area contributed by atoms with Crippen molar-refractivity contribution in [2.24, 2.45) is 0 Å². The van der Waals surface area contributed by atoms with E-state index in [0.29, 0.717) is 4.68 Å². The summed E-state index contributed by atoms with van der Waals surface area (Å²) in [6.07, 6.45) is -3.34. The lowest BCUT2D eigenvalue weighted by Gasteiger charge is -2.12. The Morgan fingerprint density at radius 3 is 2.39 bits per heavy atom. The van der Waals surface area contributed by atoms with Crippen molar-refractivity contribution in [3.05, 3.63) is 70.8 Å². The highest BCUT2D eigenvalue weighted by atomic mass is 35.5. The number of hydrogen-bond acceptors (Lipinski definition) is 2. The molecule has 1 amide bonds. The lowest BCUT2D eigenvalue weighted by molar-refractivity contribution is 0.147. The van der Waals surface area contributed by atoms with Gasteiger partial charge in [0.25, 0.3) is 0 Å². The molecule has 0 spiro atoms. The molecule has 0 fully saturated rings. The van der Waals surface area contributed by atoms with Crippen LogP contribution in [0.2, 0.25) is 5.15 Å². The molecule has 0 aliphatic rings. The van der Waals surface area contributed by atoms with Crippen LogP contribution >= 0.6 is 11.6 Å². The van der Waals surface area contributed by atoms with Gasteiger partial charge < -0.3 is 5.32 Å². The zero-order valence-electron chi connectivity index (χ0n) is 13.9. The van der Waals surface area contributed by atoms with Crippen LogP contribution in [0, 0.1) is 17.5 Å². The molecule has 4 nitrogen and oxygen atoms in total. The van der Waals surface area contributed by atoms with Gasteiger partial charge in [-0.2, -0.15) is 9.78 Å². The molecular formula is C18H11ClF5N3O. The van der Waals surface area contributed by atoms with Crippen LogP contribution in [0.5, 0.6) is 0 Å². The van der Waals surface area contributed by atoms with Gasteiger partial charge in [0.1, 0.15) is 5.15 Å². The monoisotopic (exact) mass is 415 g/mol. The molecule has 0 bridgehead atoms. The molecule has 1 heterocycles. The fourth-order valence-corrected chi connectivity index (χ4v) is 2.77. The van der Waals surface area contributed by atoms with Crippen molar-refractivity contribution in [3.63, 3.8) is 0 Å². The van der Waals surface area contributed by atoms with Gasteiger partial charge in [-0.25, -0.2) is 26.7 Å². The van der Waals surface area contributed by atoms with Gasteiger partial charge in [0.15, 0.2) is 17.5 Å². The first-order chi connectivity index (χ1) is 13.3. The van der Waals surface area contributed by atoms with E-state index >= 15 is 0 Å². The Bertz CT molecular complexity index is 1010. The minimum absolute atomic E-state index is 0.0164. The van der Waals surface area contributed by atoms with Crippen LogP contribution in [0.15, 0.2) is 42.5 Å². The second kappa shape index (κ2) is 7.97. The average Bonchev–Trinajstić information content (AvgIpc) is 2.99. The Morgan fingerprint density at radius 2 is 1.75 bits per heavy atom. The van der Waals surface area contributed by atoms with Crippen molar-refractivity contribution in [2.75, 3.05) is 5.32 Å². The largest absolute Gasteiger partial charge is 0.347 e. The molecule has 0 aliphatic heterocycles. The fraction of sp³-hybridized carbons (Fsp3) is 0.111. The van der Waals surface area contributed by atoms with E-state index in [4.69, 9.17) is 11.6 Å². The summed E-state index contributed by atoms with van der Waals surface area (Å²) in [5, 5.41) is 5.96. The van der Waals surface area contributed by atoms with Crippen LogP contribution < -0.4 is 5.32 Å². The second-order valence-corrected chi connectivity index (χ2v) is 6.08. The Labute approximate surface area is 160 Å². The van der Waals surface area contributed by atoms with E-state index in [1.165, 1.54) is 12.1 Å². The number of anilines is 1. The lowest BCUT2D eigenvalue weighted by Crippen LogP contribution is -2.21. The van der Waals surface area contributed by atoms with E-state index in [1.54, 1.807) is 12.1 Å². The number of aromatic nitrogens is 2. The third-order valence-corrected chi connectivity index (χ3v) is 4.01. The second-order valence-electron chi connectivity index (χ2n) is 5.70. The Hall–Kier alpha value is -2.94. The predicted molar refractivity (Wildman–Crippen MR) is 93.1 cm³/mol. The lowest BCUT2D eigenvalue weighted by atomic mass is 10.0. The average molecular weight is 416 g/mol. The highest BCUT2D eigenvalue weighted by molar-refractivity contribution is 6.30. The predicted octanol–water partition coefficient (Wildman–Crippen LogP) is 5.51. The molecule has 0 aliphatic carbocycles. The molecule has 146 valence electrons. The zero-order valence-corrected chi connectivity index (χ0v) is 14.7. The van der Waals surface area contributed by atoms with Crippen molar-refractivity contribution in [1.29, 1.82) is 0 Å². The van der Waals surface area contributed by atoms with Crippen molar-refractivity contribution >= 4 is 23.3 Å². The van der Waals surface area contributed by atoms with Gasteiger partial charge in [-0.05, 0) is 29.8 Å². The Balaban J connectivity index is 1.92. The van der Waals surface area contributed by atoms with E-state index in [9.17, 15) is 26.7 Å². The van der Waals surface area contributed by atoms with Crippen molar-refractivity contribution in [2.45, 2.75) is 12.8 Å². The summed E-state index contributed by atoms with van der Waals surface area (Å²) in [6, 6.07) is 7.80. The molecule has 28 heavy (non-hydrogen) atoms. The van der Waals surface area contributed by atoms with Gasteiger partial charge >= 0.3 is 6.03 Å². The molecule has 10 heteroatoms. The molecule has 0 unspecified atom stereocenters. The van der Waals surface area contributed by atoms with Crippen LogP contribution in [-0.4, -0.2) is 22.2 Å². The number of rotatable bonds is 4. The third kappa shape index (κ3) is 4.14. The minimum Gasteiger partial charge on any atom is -0.305 e. The van der Waals surface area contributed by atoms with Gasteiger partial charge in [-0.3, -0.25) is 0 Å². The summed E-state index contributed by atoms with van der Waals surface area (Å²) in [5.41, 5.74) is 0.230. The van der Waals surface area contributed by atoms with Gasteiger partial charge in [-0.15, -0.1) is 0 Å². The highest BCUT2D eigenvalue weighted by Crippen LogP contribution is 2.30. The summed E-state index contributed by atoms with van der Waals surface area (Å²) in [6.45, 7) is 0. The number of carbonyl (C=O) groups excluding carboxylic acids is 1. The number of alkyl halides is 2. The van der Waals surface area contributed by atoms with E-state index < -0.39 is 36.3 Å². The maximum Gasteiger partial charge on any atom is 0.347 e. The third-order valence-electron chi connectivity index (χ3n) is 3.74. The summed E-state index contributed by atoms with van der Waals surface area (Å²) in [5.74, 6) is -4.38. The zero-order chi connectivity index (χ0) is 20.4. The van der Waals surface area contributed by atoms with Crippen LogP contribution in [0.1, 0.15) is 5.69 Å². The molecule has 0 atom stereocenters. The van der Waals surface area contributed by atoms with Crippen LogP contribution in [0.4, 0.5) is 32.4 Å². The van der Waals surface area contributed by atoms with E-state index in [2.05, 4.69) is 10.4 Å². The molecule has 3 rings (SSSR count). The first-order valence-corrected chi connectivity index (χ1v) is 8.22. The molecule has 0 saturated heterocycles. The van der Waals surface area contributed by atoms with Gasteiger partial charge in [0.2, 0.25) is 6.43 Å². The van der Waals surface area contributed by atoms with Gasteiger partial charge in [-0.1, -0.05) is 29.8 Å². The summed E-state index contributed by atoms with van der Waals surface area (Å²) in [4.78, 5) is 12.4. The first-order valence-electron chi connectivity index (χ1n) is 7.84. The Kier molecular flexibility index (Phi) is 5.64. The van der Waals surface area contributed by atoms with Crippen LogP contribution in [-0.2, 0) is 6.42 Å². The molecule has 1 N–H and O–H groups in total. The van der Waals surface area contributed by atoms with Gasteiger partial charge in [0.05, 0.1) is 17.8 Å². The number of carbonyl (C=O) groups is 1. The molecule has 1 aromatic heterocycles. The minimum atomic E-state index is -2.66. The maximum absolute atomic E-state index is 13.5. The number of nitrogens with zero attached hydrogens (tertiary/aromatic N) is 2. The number of para-hydroxylation sites is 1. The fourth-order valence-electron chi connectivity index (χ4n) is 2.53. The van der Waals surface area contributed by atoms with Crippen molar-refractivity contribution < 1.29 is 26.7 Å². The molecule has 0 radical (unpaired) electrons. The SMILES string of the molecule is O=C(Nc1ccccc1-c1cc(F)c(F)c(F)c1)n1nc(CC(F)F)cc1Cl. The van der Waals surface area contributed by atoms with Crippen molar-refractivity contribution in [1.82, 2.24) is 9.78 Å². The molecule has 3 aromatic rings. The number of nitrogens with one attached hydrogen (secondary N) is 1. The first kappa shape index (κ1) is 19.8. The van der Waals surface area contributed by atoms with E-state index in [-0.39, 0.29) is 27.7 Å². The van der Waals surface area contributed by atoms with Gasteiger partial charge in [0, 0.05) is 5.56 Å². The topological polar surface area (TPSA) is 46.9 Å². The molecular weight excluding hydrogens is 405 g/mol. The van der Waals surface area contributed by atoms with Crippen LogP contribution in [0.25, 0.3) is 11.1 Å². The number of hydrogen-bond donors (Lipinski definition) is 1. The van der Waals surface area contributed by atoms with Crippen LogP contribution in [0.3, 0.4) is 0 Å². The summed E-state index contributed by atoms with van der Waals surface area (Å²) < 4.78 is 65.9.